The van der Waals surface area contributed by atoms with Crippen LogP contribution in [0.5, 0.6) is 5.75 Å². The highest BCUT2D eigenvalue weighted by atomic mass is 16.5. The number of methoxy groups -OCH3 is 1. The van der Waals surface area contributed by atoms with Crippen molar-refractivity contribution in [2.75, 3.05) is 20.7 Å². The van der Waals surface area contributed by atoms with Crippen LogP contribution < -0.4 is 4.74 Å². The summed E-state index contributed by atoms with van der Waals surface area (Å²) in [5.41, 5.74) is 2.43. The highest BCUT2D eigenvalue weighted by molar-refractivity contribution is 5.98. The maximum atomic E-state index is 12.8. The van der Waals surface area contributed by atoms with Gasteiger partial charge in [0.2, 0.25) is 0 Å². The number of hydrogen-bond acceptors (Lipinski definition) is 3. The molecule has 1 aromatic heterocycles. The van der Waals surface area contributed by atoms with E-state index in [2.05, 4.69) is 0 Å². The molecule has 5 nitrogen and oxygen atoms in total. The second-order valence-electron chi connectivity index (χ2n) is 6.46. The smallest absolute Gasteiger partial charge is 0.270 e. The largest absolute Gasteiger partial charge is 0.497 e. The van der Waals surface area contributed by atoms with E-state index in [0.717, 1.165) is 22.2 Å². The van der Waals surface area contributed by atoms with Crippen LogP contribution in [0.4, 0.5) is 0 Å². The van der Waals surface area contributed by atoms with Crippen LogP contribution in [0, 0.1) is 0 Å². The van der Waals surface area contributed by atoms with Gasteiger partial charge in [-0.25, -0.2) is 0 Å². The maximum Gasteiger partial charge on any atom is 0.270 e. The van der Waals surface area contributed by atoms with E-state index in [1.165, 1.54) is 0 Å². The van der Waals surface area contributed by atoms with E-state index < -0.39 is 6.10 Å². The molecule has 0 bridgehead atoms. The van der Waals surface area contributed by atoms with Gasteiger partial charge in [0.15, 0.2) is 0 Å². The summed E-state index contributed by atoms with van der Waals surface area (Å²) in [7, 11) is 5.27. The summed E-state index contributed by atoms with van der Waals surface area (Å²) in [4.78, 5) is 14.5. The van der Waals surface area contributed by atoms with E-state index in [1.54, 1.807) is 19.1 Å². The predicted molar refractivity (Wildman–Crippen MR) is 102 cm³/mol. The van der Waals surface area contributed by atoms with Crippen molar-refractivity contribution in [1.29, 1.82) is 0 Å². The van der Waals surface area contributed by atoms with Crippen molar-refractivity contribution in [1.82, 2.24) is 9.47 Å². The van der Waals surface area contributed by atoms with Crippen LogP contribution >= 0.6 is 0 Å². The zero-order valence-electron chi connectivity index (χ0n) is 15.3. The molecule has 1 N–H and O–H groups in total. The summed E-state index contributed by atoms with van der Waals surface area (Å²) in [6, 6.07) is 17.1. The Morgan fingerprint density at radius 2 is 1.92 bits per heavy atom. The van der Waals surface area contributed by atoms with Gasteiger partial charge in [-0.3, -0.25) is 4.79 Å². The normalized spacial score (nSPS) is 12.2. The molecule has 0 spiro atoms. The first-order valence-corrected chi connectivity index (χ1v) is 8.63. The summed E-state index contributed by atoms with van der Waals surface area (Å²) in [5, 5.41) is 11.3. The number of fused-ring (bicyclic) bond motifs is 1. The molecule has 1 amide bonds. The fourth-order valence-corrected chi connectivity index (χ4v) is 3.10. The molecule has 0 saturated carbocycles. The SMILES string of the molecule is COc1ccc2cc(C(=O)N(C)CC[C@@H](O)c3ccccc3)n(C)c2c1. The van der Waals surface area contributed by atoms with E-state index >= 15 is 0 Å². The minimum atomic E-state index is -0.580. The standard InChI is InChI=1S/C21H24N2O3/c1-22(12-11-20(24)15-7-5-4-6-8-15)21(25)19-13-16-9-10-17(26-3)14-18(16)23(19)2/h4-10,13-14,20,24H,11-12H2,1-3H3/t20-/m1/s1. The van der Waals surface area contributed by atoms with Gasteiger partial charge in [0.1, 0.15) is 11.4 Å². The molecule has 0 aliphatic heterocycles. The van der Waals surface area contributed by atoms with E-state index in [4.69, 9.17) is 4.74 Å². The van der Waals surface area contributed by atoms with Gasteiger partial charge in [0, 0.05) is 32.1 Å². The van der Waals surface area contributed by atoms with Gasteiger partial charge in [-0.2, -0.15) is 0 Å². The molecule has 0 radical (unpaired) electrons. The molecule has 2 aromatic carbocycles. The number of nitrogens with zero attached hydrogens (tertiary/aromatic N) is 2. The number of rotatable bonds is 6. The second-order valence-corrected chi connectivity index (χ2v) is 6.46. The Bertz CT molecular complexity index is 902. The molecule has 1 heterocycles. The zero-order chi connectivity index (χ0) is 18.7. The lowest BCUT2D eigenvalue weighted by atomic mass is 10.1. The van der Waals surface area contributed by atoms with Gasteiger partial charge in [-0.05, 0) is 30.2 Å². The van der Waals surface area contributed by atoms with Gasteiger partial charge in [-0.15, -0.1) is 0 Å². The fourth-order valence-electron chi connectivity index (χ4n) is 3.10. The Hall–Kier alpha value is -2.79. The maximum absolute atomic E-state index is 12.8. The van der Waals surface area contributed by atoms with Gasteiger partial charge in [0.05, 0.1) is 18.7 Å². The van der Waals surface area contributed by atoms with Crippen molar-refractivity contribution in [3.63, 3.8) is 0 Å². The van der Waals surface area contributed by atoms with Crippen LogP contribution in [0.15, 0.2) is 54.6 Å². The van der Waals surface area contributed by atoms with Crippen molar-refractivity contribution in [2.45, 2.75) is 12.5 Å². The first kappa shape index (κ1) is 18.0. The zero-order valence-corrected chi connectivity index (χ0v) is 15.3. The topological polar surface area (TPSA) is 54.7 Å². The van der Waals surface area contributed by atoms with Crippen LogP contribution in [0.3, 0.4) is 0 Å². The number of carbonyl (C=O) groups is 1. The van der Waals surface area contributed by atoms with Crippen molar-refractivity contribution < 1.29 is 14.6 Å². The van der Waals surface area contributed by atoms with Crippen molar-refractivity contribution in [2.24, 2.45) is 7.05 Å². The van der Waals surface area contributed by atoms with Gasteiger partial charge >= 0.3 is 0 Å². The lowest BCUT2D eigenvalue weighted by Crippen LogP contribution is -2.30. The van der Waals surface area contributed by atoms with Crippen LogP contribution in [0.1, 0.15) is 28.6 Å². The number of carbonyl (C=O) groups excluding carboxylic acids is 1. The molecular formula is C21H24N2O3. The first-order valence-electron chi connectivity index (χ1n) is 8.63. The molecule has 0 aliphatic carbocycles. The second kappa shape index (κ2) is 7.62. The molecule has 0 saturated heterocycles. The molecule has 5 heteroatoms. The lowest BCUT2D eigenvalue weighted by Gasteiger charge is -2.20. The van der Waals surface area contributed by atoms with Crippen LogP contribution in [0.2, 0.25) is 0 Å². The Morgan fingerprint density at radius 3 is 2.62 bits per heavy atom. The highest BCUT2D eigenvalue weighted by Crippen LogP contribution is 2.24. The van der Waals surface area contributed by atoms with Crippen LogP contribution in [-0.2, 0) is 7.05 Å². The number of aliphatic hydroxyl groups excluding tert-OH is 1. The van der Waals surface area contributed by atoms with E-state index in [-0.39, 0.29) is 5.91 Å². The molecule has 136 valence electrons. The quantitative estimate of drug-likeness (QED) is 0.740. The van der Waals surface area contributed by atoms with Gasteiger partial charge < -0.3 is 19.3 Å². The van der Waals surface area contributed by atoms with E-state index in [1.807, 2.05) is 66.2 Å². The summed E-state index contributed by atoms with van der Waals surface area (Å²) in [6.07, 6.45) is -0.0903. The third kappa shape index (κ3) is 3.58. The third-order valence-electron chi connectivity index (χ3n) is 4.74. The number of aliphatic hydroxyl groups is 1. The minimum Gasteiger partial charge on any atom is -0.497 e. The summed E-state index contributed by atoms with van der Waals surface area (Å²) in [6.45, 7) is 0.472. The molecule has 3 rings (SSSR count). The van der Waals surface area contributed by atoms with Gasteiger partial charge in [0.25, 0.3) is 5.91 Å². The number of ether oxygens (including phenoxy) is 1. The number of aromatic nitrogens is 1. The van der Waals surface area contributed by atoms with Crippen molar-refractivity contribution in [3.8, 4) is 5.75 Å². The molecule has 0 unspecified atom stereocenters. The number of aryl methyl sites for hydroxylation is 1. The molecule has 0 fully saturated rings. The number of benzene rings is 2. The summed E-state index contributed by atoms with van der Waals surface area (Å²) < 4.78 is 7.14. The average Bonchev–Trinajstić information content (AvgIpc) is 3.01. The fraction of sp³-hybridized carbons (Fsp3) is 0.286. The van der Waals surface area contributed by atoms with Crippen molar-refractivity contribution >= 4 is 16.8 Å². The molecular weight excluding hydrogens is 328 g/mol. The predicted octanol–water partition coefficient (Wildman–Crippen LogP) is 3.38. The lowest BCUT2D eigenvalue weighted by molar-refractivity contribution is 0.0752. The Labute approximate surface area is 153 Å². The van der Waals surface area contributed by atoms with Crippen molar-refractivity contribution in [3.05, 3.63) is 65.9 Å². The highest BCUT2D eigenvalue weighted by Gasteiger charge is 2.18. The van der Waals surface area contributed by atoms with E-state index in [0.29, 0.717) is 18.7 Å². The average molecular weight is 352 g/mol. The monoisotopic (exact) mass is 352 g/mol. The van der Waals surface area contributed by atoms with E-state index in [9.17, 15) is 9.90 Å². The summed E-state index contributed by atoms with van der Waals surface area (Å²) >= 11 is 0. The Kier molecular flexibility index (Phi) is 5.28. The van der Waals surface area contributed by atoms with Crippen LogP contribution in [0.25, 0.3) is 10.9 Å². The van der Waals surface area contributed by atoms with Crippen LogP contribution in [-0.4, -0.2) is 41.2 Å². The third-order valence-corrected chi connectivity index (χ3v) is 4.74. The first-order chi connectivity index (χ1) is 12.5. The minimum absolute atomic E-state index is 0.0667. The van der Waals surface area contributed by atoms with Gasteiger partial charge in [-0.1, -0.05) is 30.3 Å². The summed E-state index contributed by atoms with van der Waals surface area (Å²) in [5.74, 6) is 0.694. The Morgan fingerprint density at radius 1 is 1.19 bits per heavy atom. The Balaban J connectivity index is 1.72. The molecule has 1 atom stereocenters. The molecule has 0 aliphatic rings. The molecule has 26 heavy (non-hydrogen) atoms. The number of amides is 1. The molecule has 3 aromatic rings. The number of hydrogen-bond donors (Lipinski definition) is 1.